The lowest BCUT2D eigenvalue weighted by Crippen LogP contribution is -2.48. The second-order valence-electron chi connectivity index (χ2n) is 6.34. The molecule has 1 saturated heterocycles. The van der Waals surface area contributed by atoms with Gasteiger partial charge in [-0.1, -0.05) is 41.6 Å². The van der Waals surface area contributed by atoms with Crippen molar-refractivity contribution >= 4 is 18.3 Å². The number of ether oxygens (including phenoxy) is 1. The molecule has 1 aromatic heterocycles. The largest absolute Gasteiger partial charge is 0.496 e. The van der Waals surface area contributed by atoms with Crippen LogP contribution >= 0.6 is 12.4 Å². The smallest absolute Gasteiger partial charge is 0.276 e. The van der Waals surface area contributed by atoms with Gasteiger partial charge in [0, 0.05) is 25.2 Å². The fourth-order valence-electron chi connectivity index (χ4n) is 3.38. The molecule has 1 fully saturated rings. The van der Waals surface area contributed by atoms with Crippen LogP contribution in [0.5, 0.6) is 5.75 Å². The zero-order valence-electron chi connectivity index (χ0n) is 15.5. The van der Waals surface area contributed by atoms with Crippen LogP contribution in [0.1, 0.15) is 22.1 Å². The summed E-state index contributed by atoms with van der Waals surface area (Å²) in [5.41, 5.74) is 2.18. The summed E-state index contributed by atoms with van der Waals surface area (Å²) < 4.78 is 7.12. The molecule has 1 amide bonds. The van der Waals surface area contributed by atoms with E-state index in [9.17, 15) is 4.79 Å². The first kappa shape index (κ1) is 19.9. The predicted octanol–water partition coefficient (Wildman–Crippen LogP) is 2.48. The summed E-state index contributed by atoms with van der Waals surface area (Å²) in [6.07, 6.45) is 1.68. The third kappa shape index (κ3) is 3.85. The number of benzene rings is 2. The van der Waals surface area contributed by atoms with Gasteiger partial charge in [-0.05, 0) is 18.2 Å². The van der Waals surface area contributed by atoms with Crippen molar-refractivity contribution in [3.8, 4) is 11.4 Å². The van der Waals surface area contributed by atoms with Gasteiger partial charge in [-0.25, -0.2) is 4.68 Å². The molecule has 1 unspecified atom stereocenters. The van der Waals surface area contributed by atoms with Crippen LogP contribution in [0.3, 0.4) is 0 Å². The van der Waals surface area contributed by atoms with Crippen molar-refractivity contribution in [1.29, 1.82) is 0 Å². The lowest BCUT2D eigenvalue weighted by Gasteiger charge is -2.36. The van der Waals surface area contributed by atoms with Gasteiger partial charge in [0.2, 0.25) is 0 Å². The molecule has 2 aromatic carbocycles. The summed E-state index contributed by atoms with van der Waals surface area (Å²) in [4.78, 5) is 15.0. The number of nitrogens with zero attached hydrogens (tertiary/aromatic N) is 4. The molecule has 8 heteroatoms. The zero-order valence-corrected chi connectivity index (χ0v) is 16.3. The van der Waals surface area contributed by atoms with E-state index >= 15 is 0 Å². The first-order chi connectivity index (χ1) is 13.3. The molecular formula is C20H22ClN5O2. The topological polar surface area (TPSA) is 72.3 Å². The predicted molar refractivity (Wildman–Crippen MR) is 108 cm³/mol. The highest BCUT2D eigenvalue weighted by Gasteiger charge is 2.31. The summed E-state index contributed by atoms with van der Waals surface area (Å²) in [7, 11) is 1.65. The Bertz CT molecular complexity index is 931. The lowest BCUT2D eigenvalue weighted by molar-refractivity contribution is 0.0625. The monoisotopic (exact) mass is 399 g/mol. The van der Waals surface area contributed by atoms with Crippen LogP contribution in [0.25, 0.3) is 5.69 Å². The van der Waals surface area contributed by atoms with E-state index in [1.165, 1.54) is 0 Å². The van der Waals surface area contributed by atoms with Crippen LogP contribution in [-0.4, -0.2) is 52.5 Å². The molecule has 3 aromatic rings. The van der Waals surface area contributed by atoms with Crippen LogP contribution in [0, 0.1) is 0 Å². The van der Waals surface area contributed by atoms with Crippen molar-refractivity contribution in [2.45, 2.75) is 6.04 Å². The highest BCUT2D eigenvalue weighted by molar-refractivity contribution is 5.92. The highest BCUT2D eigenvalue weighted by atomic mass is 35.5. The minimum Gasteiger partial charge on any atom is -0.496 e. The summed E-state index contributed by atoms with van der Waals surface area (Å²) in [5, 5.41) is 11.6. The van der Waals surface area contributed by atoms with Crippen molar-refractivity contribution in [3.63, 3.8) is 0 Å². The van der Waals surface area contributed by atoms with Crippen molar-refractivity contribution in [3.05, 3.63) is 72.1 Å². The van der Waals surface area contributed by atoms with E-state index in [1.54, 1.807) is 18.0 Å². The third-order valence-electron chi connectivity index (χ3n) is 4.74. The maximum Gasteiger partial charge on any atom is 0.276 e. The quantitative estimate of drug-likeness (QED) is 0.729. The van der Waals surface area contributed by atoms with E-state index < -0.39 is 0 Å². The van der Waals surface area contributed by atoms with Gasteiger partial charge in [0.05, 0.1) is 25.0 Å². The minimum atomic E-state index is -0.130. The van der Waals surface area contributed by atoms with Gasteiger partial charge in [-0.3, -0.25) is 4.79 Å². The molecule has 28 heavy (non-hydrogen) atoms. The Hall–Kier alpha value is -2.90. The van der Waals surface area contributed by atoms with E-state index in [2.05, 4.69) is 15.6 Å². The number of carbonyl (C=O) groups is 1. The molecule has 1 aliphatic heterocycles. The number of para-hydroxylation sites is 2. The first-order valence-electron chi connectivity index (χ1n) is 8.90. The Morgan fingerprint density at radius 2 is 1.89 bits per heavy atom. The fraction of sp³-hybridized carbons (Fsp3) is 0.250. The normalized spacial score (nSPS) is 16.3. The van der Waals surface area contributed by atoms with Gasteiger partial charge in [0.25, 0.3) is 5.91 Å². The molecule has 0 radical (unpaired) electrons. The maximum absolute atomic E-state index is 13.2. The number of rotatable bonds is 4. The number of hydrogen-bond donors (Lipinski definition) is 1. The molecule has 1 atom stereocenters. The van der Waals surface area contributed by atoms with Crippen LogP contribution in [0.2, 0.25) is 0 Å². The molecule has 0 spiro atoms. The highest BCUT2D eigenvalue weighted by Crippen LogP contribution is 2.30. The van der Waals surface area contributed by atoms with Gasteiger partial charge < -0.3 is 15.0 Å². The summed E-state index contributed by atoms with van der Waals surface area (Å²) >= 11 is 0. The average Bonchev–Trinajstić information content (AvgIpc) is 3.24. The van der Waals surface area contributed by atoms with Crippen molar-refractivity contribution < 1.29 is 9.53 Å². The number of nitrogens with one attached hydrogen (secondary N) is 1. The Labute approximate surface area is 169 Å². The second kappa shape index (κ2) is 8.86. The molecule has 146 valence electrons. The van der Waals surface area contributed by atoms with Crippen LogP contribution in [0.15, 0.2) is 60.8 Å². The number of halogens is 1. The molecule has 4 rings (SSSR count). The average molecular weight is 400 g/mol. The summed E-state index contributed by atoms with van der Waals surface area (Å²) in [6, 6.07) is 17.3. The molecule has 7 nitrogen and oxygen atoms in total. The van der Waals surface area contributed by atoms with Crippen LogP contribution < -0.4 is 10.1 Å². The molecule has 2 heterocycles. The van der Waals surface area contributed by atoms with Gasteiger partial charge in [0.1, 0.15) is 5.75 Å². The number of piperazine rings is 1. The SMILES string of the molecule is COc1ccccc1C1CNCCN1C(=O)c1cn(-c2ccccc2)nn1.Cl. The van der Waals surface area contributed by atoms with Gasteiger partial charge in [-0.15, -0.1) is 17.5 Å². The standard InChI is InChI=1S/C20H21N5O2.ClH/c1-27-19-10-6-5-9-16(19)18-13-21-11-12-24(18)20(26)17-14-25(23-22-17)15-7-3-2-4-8-15;/h2-10,14,18,21H,11-13H2,1H3;1H. The van der Waals surface area contributed by atoms with E-state index in [0.29, 0.717) is 18.8 Å². The molecular weight excluding hydrogens is 378 g/mol. The Balaban J connectivity index is 0.00000225. The van der Waals surface area contributed by atoms with E-state index in [1.807, 2.05) is 59.5 Å². The van der Waals surface area contributed by atoms with E-state index in [0.717, 1.165) is 23.5 Å². The minimum absolute atomic E-state index is 0. The Kier molecular flexibility index (Phi) is 6.28. The van der Waals surface area contributed by atoms with Gasteiger partial charge >= 0.3 is 0 Å². The molecule has 0 saturated carbocycles. The van der Waals surface area contributed by atoms with E-state index in [-0.39, 0.29) is 24.4 Å². The number of aromatic nitrogens is 3. The van der Waals surface area contributed by atoms with Crippen LogP contribution in [0.4, 0.5) is 0 Å². The Morgan fingerprint density at radius 3 is 2.68 bits per heavy atom. The number of amides is 1. The fourth-order valence-corrected chi connectivity index (χ4v) is 3.38. The Morgan fingerprint density at radius 1 is 1.14 bits per heavy atom. The molecule has 0 bridgehead atoms. The number of methoxy groups -OCH3 is 1. The number of hydrogen-bond acceptors (Lipinski definition) is 5. The zero-order chi connectivity index (χ0) is 18.6. The molecule has 0 aliphatic carbocycles. The van der Waals surface area contributed by atoms with Crippen molar-refractivity contribution in [1.82, 2.24) is 25.2 Å². The van der Waals surface area contributed by atoms with Gasteiger partial charge in [-0.2, -0.15) is 0 Å². The van der Waals surface area contributed by atoms with Crippen molar-refractivity contribution in [2.75, 3.05) is 26.7 Å². The second-order valence-corrected chi connectivity index (χ2v) is 6.34. The first-order valence-corrected chi connectivity index (χ1v) is 8.90. The van der Waals surface area contributed by atoms with Crippen LogP contribution in [-0.2, 0) is 0 Å². The number of carbonyl (C=O) groups excluding carboxylic acids is 1. The molecule has 1 N–H and O–H groups in total. The third-order valence-corrected chi connectivity index (χ3v) is 4.74. The van der Waals surface area contributed by atoms with Gasteiger partial charge in [0.15, 0.2) is 5.69 Å². The summed E-state index contributed by atoms with van der Waals surface area (Å²) in [5.74, 6) is 0.645. The maximum atomic E-state index is 13.2. The lowest BCUT2D eigenvalue weighted by atomic mass is 10.0. The van der Waals surface area contributed by atoms with Crippen molar-refractivity contribution in [2.24, 2.45) is 0 Å². The summed E-state index contributed by atoms with van der Waals surface area (Å²) in [6.45, 7) is 2.00. The van der Waals surface area contributed by atoms with E-state index in [4.69, 9.17) is 4.74 Å². The molecule has 1 aliphatic rings.